The van der Waals surface area contributed by atoms with Gasteiger partial charge in [0.2, 0.25) is 0 Å². The molecule has 0 bridgehead atoms. The maximum atomic E-state index is 12.4. The van der Waals surface area contributed by atoms with Crippen molar-refractivity contribution in [2.75, 3.05) is 12.4 Å². The first-order valence-electron chi connectivity index (χ1n) is 7.05. The minimum Gasteiger partial charge on any atom is -0.380 e. The number of rotatable bonds is 4. The van der Waals surface area contributed by atoms with Crippen molar-refractivity contribution in [2.24, 2.45) is 0 Å². The van der Waals surface area contributed by atoms with Crippen LogP contribution in [0, 0.1) is 0 Å². The lowest BCUT2D eigenvalue weighted by Gasteiger charge is -2.10. The Morgan fingerprint density at radius 3 is 2.83 bits per heavy atom. The summed E-state index contributed by atoms with van der Waals surface area (Å²) in [5.74, 6) is -0.496. The van der Waals surface area contributed by atoms with Crippen LogP contribution >= 0.6 is 0 Å². The maximum Gasteiger partial charge on any atom is 0.270 e. The third-order valence-electron chi connectivity index (χ3n) is 3.42. The summed E-state index contributed by atoms with van der Waals surface area (Å²) in [5.41, 5.74) is 1.51. The van der Waals surface area contributed by atoms with Gasteiger partial charge in [0.1, 0.15) is 11.2 Å². The highest BCUT2D eigenvalue weighted by Gasteiger charge is 2.14. The lowest BCUT2D eigenvalue weighted by molar-refractivity contribution is 0.102. The number of anilines is 1. The smallest absolute Gasteiger partial charge is 0.270 e. The number of pyridine rings is 1. The number of hydrogen-bond acceptors (Lipinski definition) is 4. The Balaban J connectivity index is 1.96. The molecule has 1 N–H and O–H groups in total. The SMILES string of the molecule is COCc1ccccc1NC(=O)c1cnc2ccccn2c1=O. The van der Waals surface area contributed by atoms with Crippen LogP contribution in [0.2, 0.25) is 0 Å². The van der Waals surface area contributed by atoms with E-state index in [0.717, 1.165) is 5.56 Å². The van der Waals surface area contributed by atoms with E-state index in [4.69, 9.17) is 4.74 Å². The number of ether oxygens (including phenoxy) is 1. The molecule has 0 saturated carbocycles. The van der Waals surface area contributed by atoms with Gasteiger partial charge in [0.25, 0.3) is 11.5 Å². The number of hydrogen-bond donors (Lipinski definition) is 1. The highest BCUT2D eigenvalue weighted by atomic mass is 16.5. The van der Waals surface area contributed by atoms with Crippen LogP contribution in [-0.4, -0.2) is 22.4 Å². The van der Waals surface area contributed by atoms with Gasteiger partial charge in [-0.2, -0.15) is 0 Å². The standard InChI is InChI=1S/C17H15N3O3/c1-23-11-12-6-2-3-7-14(12)19-16(21)13-10-18-15-8-4-5-9-20(15)17(13)22/h2-10H,11H2,1H3,(H,19,21). The molecule has 0 aliphatic rings. The number of amides is 1. The number of para-hydroxylation sites is 1. The quantitative estimate of drug-likeness (QED) is 0.801. The molecule has 23 heavy (non-hydrogen) atoms. The highest BCUT2D eigenvalue weighted by molar-refractivity contribution is 6.04. The van der Waals surface area contributed by atoms with Crippen molar-refractivity contribution < 1.29 is 9.53 Å². The highest BCUT2D eigenvalue weighted by Crippen LogP contribution is 2.16. The second-order valence-corrected chi connectivity index (χ2v) is 4.95. The minimum absolute atomic E-state index is 0.0130. The molecule has 0 saturated heterocycles. The van der Waals surface area contributed by atoms with Gasteiger partial charge in [0.05, 0.1) is 6.61 Å². The molecule has 0 aliphatic carbocycles. The summed E-state index contributed by atoms with van der Waals surface area (Å²) in [6, 6.07) is 12.5. The Kier molecular flexibility index (Phi) is 4.16. The Hall–Kier alpha value is -2.99. The summed E-state index contributed by atoms with van der Waals surface area (Å²) in [4.78, 5) is 29.0. The van der Waals surface area contributed by atoms with Crippen molar-refractivity contribution in [3.05, 3.63) is 76.3 Å². The van der Waals surface area contributed by atoms with Crippen LogP contribution in [-0.2, 0) is 11.3 Å². The van der Waals surface area contributed by atoms with E-state index in [1.807, 2.05) is 12.1 Å². The molecule has 6 nitrogen and oxygen atoms in total. The largest absolute Gasteiger partial charge is 0.380 e. The Labute approximate surface area is 132 Å². The van der Waals surface area contributed by atoms with Crippen molar-refractivity contribution in [3.8, 4) is 0 Å². The fraction of sp³-hybridized carbons (Fsp3) is 0.118. The molecule has 0 unspecified atom stereocenters. The second-order valence-electron chi connectivity index (χ2n) is 4.95. The van der Waals surface area contributed by atoms with E-state index in [1.165, 1.54) is 10.6 Å². The van der Waals surface area contributed by atoms with Crippen LogP contribution < -0.4 is 10.9 Å². The third kappa shape index (κ3) is 2.97. The number of nitrogens with zero attached hydrogens (tertiary/aromatic N) is 2. The monoisotopic (exact) mass is 309 g/mol. The summed E-state index contributed by atoms with van der Waals surface area (Å²) in [6.07, 6.45) is 2.88. The molecule has 0 aliphatic heterocycles. The molecule has 6 heteroatoms. The fourth-order valence-corrected chi connectivity index (χ4v) is 2.30. The molecule has 3 aromatic rings. The molecule has 0 atom stereocenters. The molecule has 3 rings (SSSR count). The van der Waals surface area contributed by atoms with Gasteiger partial charge in [-0.15, -0.1) is 0 Å². The number of aromatic nitrogens is 2. The molecular weight excluding hydrogens is 294 g/mol. The van der Waals surface area contributed by atoms with Crippen LogP contribution in [0.25, 0.3) is 5.65 Å². The van der Waals surface area contributed by atoms with E-state index < -0.39 is 11.5 Å². The topological polar surface area (TPSA) is 72.7 Å². The first kappa shape index (κ1) is 14.9. The molecular formula is C17H15N3O3. The van der Waals surface area contributed by atoms with Gasteiger partial charge in [0.15, 0.2) is 0 Å². The van der Waals surface area contributed by atoms with Crippen LogP contribution in [0.5, 0.6) is 0 Å². The summed E-state index contributed by atoms with van der Waals surface area (Å²) < 4.78 is 6.45. The summed E-state index contributed by atoms with van der Waals surface area (Å²) >= 11 is 0. The van der Waals surface area contributed by atoms with E-state index in [9.17, 15) is 9.59 Å². The van der Waals surface area contributed by atoms with Crippen LogP contribution in [0.1, 0.15) is 15.9 Å². The van der Waals surface area contributed by atoms with Gasteiger partial charge in [-0.25, -0.2) is 4.98 Å². The predicted molar refractivity (Wildman–Crippen MR) is 86.6 cm³/mol. The van der Waals surface area contributed by atoms with E-state index >= 15 is 0 Å². The molecule has 0 spiro atoms. The van der Waals surface area contributed by atoms with E-state index in [2.05, 4.69) is 10.3 Å². The molecule has 0 radical (unpaired) electrons. The Bertz CT molecular complexity index is 918. The van der Waals surface area contributed by atoms with E-state index in [1.54, 1.807) is 43.6 Å². The number of fused-ring (bicyclic) bond motifs is 1. The molecule has 116 valence electrons. The zero-order valence-electron chi connectivity index (χ0n) is 12.5. The second kappa shape index (κ2) is 6.41. The minimum atomic E-state index is -0.496. The normalized spacial score (nSPS) is 10.7. The van der Waals surface area contributed by atoms with Gasteiger partial charge in [0, 0.05) is 30.8 Å². The van der Waals surface area contributed by atoms with Crippen molar-refractivity contribution >= 4 is 17.2 Å². The van der Waals surface area contributed by atoms with Crippen LogP contribution in [0.3, 0.4) is 0 Å². The molecule has 0 fully saturated rings. The number of methoxy groups -OCH3 is 1. The molecule has 1 amide bonds. The van der Waals surface area contributed by atoms with Crippen molar-refractivity contribution in [1.82, 2.24) is 9.38 Å². The number of carbonyl (C=O) groups excluding carboxylic acids is 1. The third-order valence-corrected chi connectivity index (χ3v) is 3.42. The van der Waals surface area contributed by atoms with Crippen LogP contribution in [0.15, 0.2) is 59.7 Å². The average molecular weight is 309 g/mol. The molecule has 2 aromatic heterocycles. The summed E-state index contributed by atoms with van der Waals surface area (Å²) in [6.45, 7) is 0.366. The average Bonchev–Trinajstić information content (AvgIpc) is 2.57. The van der Waals surface area contributed by atoms with E-state index in [0.29, 0.717) is 17.9 Å². The summed E-state index contributed by atoms with van der Waals surface area (Å²) in [5, 5.41) is 2.74. The Morgan fingerprint density at radius 2 is 2.00 bits per heavy atom. The van der Waals surface area contributed by atoms with Gasteiger partial charge >= 0.3 is 0 Å². The van der Waals surface area contributed by atoms with Crippen molar-refractivity contribution in [1.29, 1.82) is 0 Å². The van der Waals surface area contributed by atoms with Gasteiger partial charge in [-0.05, 0) is 18.2 Å². The summed E-state index contributed by atoms with van der Waals surface area (Å²) in [7, 11) is 1.58. The van der Waals surface area contributed by atoms with Crippen molar-refractivity contribution in [2.45, 2.75) is 6.61 Å². The lowest BCUT2D eigenvalue weighted by atomic mass is 10.2. The lowest BCUT2D eigenvalue weighted by Crippen LogP contribution is -2.26. The zero-order chi connectivity index (χ0) is 16.2. The first-order chi connectivity index (χ1) is 11.2. The van der Waals surface area contributed by atoms with Crippen LogP contribution in [0.4, 0.5) is 5.69 Å². The fourth-order valence-electron chi connectivity index (χ4n) is 2.30. The van der Waals surface area contributed by atoms with Gasteiger partial charge in [-0.1, -0.05) is 24.3 Å². The molecule has 2 heterocycles. The van der Waals surface area contributed by atoms with Crippen molar-refractivity contribution in [3.63, 3.8) is 0 Å². The van der Waals surface area contributed by atoms with E-state index in [-0.39, 0.29) is 5.56 Å². The number of nitrogens with one attached hydrogen (secondary N) is 1. The maximum absolute atomic E-state index is 12.4. The predicted octanol–water partition coefficient (Wildman–Crippen LogP) is 2.09. The first-order valence-corrected chi connectivity index (χ1v) is 7.05. The Morgan fingerprint density at radius 1 is 1.22 bits per heavy atom. The number of carbonyl (C=O) groups is 1. The van der Waals surface area contributed by atoms with Gasteiger partial charge in [-0.3, -0.25) is 14.0 Å². The molecule has 1 aromatic carbocycles. The number of benzene rings is 1. The zero-order valence-corrected chi connectivity index (χ0v) is 12.5. The van der Waals surface area contributed by atoms with Gasteiger partial charge < -0.3 is 10.1 Å².